The zero-order valence-corrected chi connectivity index (χ0v) is 14.9. The van der Waals surface area contributed by atoms with E-state index in [0.717, 1.165) is 5.69 Å². The molecule has 0 fully saturated rings. The Morgan fingerprint density at radius 1 is 1.08 bits per heavy atom. The molecule has 2 heterocycles. The van der Waals surface area contributed by atoms with Gasteiger partial charge in [0.15, 0.2) is 0 Å². The van der Waals surface area contributed by atoms with Crippen molar-refractivity contribution < 1.29 is 8.42 Å². The Balaban J connectivity index is 1.74. The van der Waals surface area contributed by atoms with Crippen molar-refractivity contribution in [2.75, 3.05) is 10.0 Å². The van der Waals surface area contributed by atoms with Crippen LogP contribution in [0.4, 0.5) is 17.2 Å². The van der Waals surface area contributed by atoms with Gasteiger partial charge in [-0.05, 0) is 50.2 Å². The molecule has 0 saturated carbocycles. The van der Waals surface area contributed by atoms with Crippen molar-refractivity contribution in [3.05, 3.63) is 59.5 Å². The molecular weight excluding hydrogens is 352 g/mol. The summed E-state index contributed by atoms with van der Waals surface area (Å²) in [5.41, 5.74) is 2.92. The maximum absolute atomic E-state index is 12.5. The topological polar surface area (TPSA) is 124 Å². The Bertz CT molecular complexity index is 1040. The van der Waals surface area contributed by atoms with Gasteiger partial charge < -0.3 is 5.32 Å². The summed E-state index contributed by atoms with van der Waals surface area (Å²) in [7, 11) is -3.77. The number of aromatic amines is 1. The minimum Gasteiger partial charge on any atom is -0.354 e. The first kappa shape index (κ1) is 17.4. The van der Waals surface area contributed by atoms with E-state index in [1.54, 1.807) is 50.2 Å². The van der Waals surface area contributed by atoms with Gasteiger partial charge in [0.05, 0.1) is 34.9 Å². The fourth-order valence-corrected chi connectivity index (χ4v) is 3.83. The number of benzene rings is 1. The normalized spacial score (nSPS) is 11.0. The molecular formula is C17H16N6O2S. The summed E-state index contributed by atoms with van der Waals surface area (Å²) < 4.78 is 27.4. The monoisotopic (exact) mass is 368 g/mol. The minimum atomic E-state index is -3.77. The fraction of sp³-hybridized carbons (Fsp3) is 0.118. The van der Waals surface area contributed by atoms with Crippen molar-refractivity contribution in [1.82, 2.24) is 15.2 Å². The molecule has 132 valence electrons. The highest BCUT2D eigenvalue weighted by atomic mass is 32.2. The van der Waals surface area contributed by atoms with Crippen LogP contribution in [0.5, 0.6) is 0 Å². The average Bonchev–Trinajstić information content (AvgIpc) is 2.96. The number of hydrogen-bond acceptors (Lipinski definition) is 6. The van der Waals surface area contributed by atoms with E-state index in [2.05, 4.69) is 31.3 Å². The number of rotatable bonds is 5. The SMILES string of the molecule is Cc1n[nH]c(C)c1S(=O)(=O)Nc1ccc(Nc2ccc(C#N)cc2)cn1. The quantitative estimate of drug-likeness (QED) is 0.636. The zero-order valence-electron chi connectivity index (χ0n) is 14.1. The molecule has 0 spiro atoms. The summed E-state index contributed by atoms with van der Waals surface area (Å²) in [6.45, 7) is 3.27. The molecule has 0 unspecified atom stereocenters. The summed E-state index contributed by atoms with van der Waals surface area (Å²) in [6, 6.07) is 12.3. The fourth-order valence-electron chi connectivity index (χ4n) is 2.45. The predicted octanol–water partition coefficient (Wildman–Crippen LogP) is 2.84. The molecule has 0 radical (unpaired) electrons. The number of anilines is 3. The predicted molar refractivity (Wildman–Crippen MR) is 97.5 cm³/mol. The van der Waals surface area contributed by atoms with Crippen LogP contribution in [-0.2, 0) is 10.0 Å². The van der Waals surface area contributed by atoms with Gasteiger partial charge in [0.25, 0.3) is 10.0 Å². The van der Waals surface area contributed by atoms with Crippen molar-refractivity contribution in [2.45, 2.75) is 18.7 Å². The highest BCUT2D eigenvalue weighted by Gasteiger charge is 2.22. The second-order valence-corrected chi connectivity index (χ2v) is 7.23. The number of nitrogens with one attached hydrogen (secondary N) is 3. The molecule has 26 heavy (non-hydrogen) atoms. The van der Waals surface area contributed by atoms with E-state index in [9.17, 15) is 8.42 Å². The maximum Gasteiger partial charge on any atom is 0.266 e. The number of H-pyrrole nitrogens is 1. The first-order chi connectivity index (χ1) is 12.4. The second-order valence-electron chi connectivity index (χ2n) is 5.61. The largest absolute Gasteiger partial charge is 0.354 e. The third kappa shape index (κ3) is 3.65. The number of nitriles is 1. The number of hydrogen-bond donors (Lipinski definition) is 3. The Hall–Kier alpha value is -3.38. The number of nitrogens with zero attached hydrogens (tertiary/aromatic N) is 3. The third-order valence-corrected chi connectivity index (χ3v) is 5.25. The molecule has 3 rings (SSSR count). The van der Waals surface area contributed by atoms with Gasteiger partial charge in [-0.15, -0.1) is 0 Å². The Labute approximate surface area is 151 Å². The lowest BCUT2D eigenvalue weighted by molar-refractivity contribution is 0.600. The van der Waals surface area contributed by atoms with E-state index in [0.29, 0.717) is 22.6 Å². The molecule has 0 aliphatic carbocycles. The molecule has 0 amide bonds. The molecule has 0 bridgehead atoms. The molecule has 0 aliphatic heterocycles. The number of aryl methyl sites for hydroxylation is 2. The van der Waals surface area contributed by atoms with Gasteiger partial charge in [-0.3, -0.25) is 9.82 Å². The van der Waals surface area contributed by atoms with Crippen LogP contribution in [0.25, 0.3) is 0 Å². The maximum atomic E-state index is 12.5. The van der Waals surface area contributed by atoms with Gasteiger partial charge in [-0.2, -0.15) is 10.4 Å². The van der Waals surface area contributed by atoms with Crippen molar-refractivity contribution in [3.8, 4) is 6.07 Å². The summed E-state index contributed by atoms with van der Waals surface area (Å²) in [5, 5.41) is 18.5. The van der Waals surface area contributed by atoms with Gasteiger partial charge in [-0.1, -0.05) is 0 Å². The lowest BCUT2D eigenvalue weighted by Gasteiger charge is -2.09. The van der Waals surface area contributed by atoms with Gasteiger partial charge >= 0.3 is 0 Å². The molecule has 9 heteroatoms. The van der Waals surface area contributed by atoms with E-state index in [-0.39, 0.29) is 10.7 Å². The van der Waals surface area contributed by atoms with Crippen LogP contribution in [0.2, 0.25) is 0 Å². The van der Waals surface area contributed by atoms with Gasteiger partial charge in [-0.25, -0.2) is 13.4 Å². The van der Waals surface area contributed by atoms with E-state index < -0.39 is 10.0 Å². The Morgan fingerprint density at radius 2 is 1.77 bits per heavy atom. The van der Waals surface area contributed by atoms with Crippen LogP contribution >= 0.6 is 0 Å². The molecule has 8 nitrogen and oxygen atoms in total. The van der Waals surface area contributed by atoms with Gasteiger partial charge in [0.2, 0.25) is 0 Å². The first-order valence-corrected chi connectivity index (χ1v) is 9.15. The van der Waals surface area contributed by atoms with Crippen LogP contribution in [-0.4, -0.2) is 23.6 Å². The third-order valence-electron chi connectivity index (χ3n) is 3.63. The first-order valence-electron chi connectivity index (χ1n) is 7.66. The van der Waals surface area contributed by atoms with Crippen molar-refractivity contribution in [1.29, 1.82) is 5.26 Å². The van der Waals surface area contributed by atoms with Crippen molar-refractivity contribution in [2.24, 2.45) is 0 Å². The van der Waals surface area contributed by atoms with E-state index in [1.165, 1.54) is 6.20 Å². The highest BCUT2D eigenvalue weighted by molar-refractivity contribution is 7.92. The van der Waals surface area contributed by atoms with Gasteiger partial charge in [0, 0.05) is 5.69 Å². The molecule has 1 aromatic carbocycles. The number of aromatic nitrogens is 3. The van der Waals surface area contributed by atoms with Crippen LogP contribution in [0.1, 0.15) is 17.0 Å². The highest BCUT2D eigenvalue weighted by Crippen LogP contribution is 2.21. The van der Waals surface area contributed by atoms with Crippen LogP contribution in [0, 0.1) is 25.2 Å². The van der Waals surface area contributed by atoms with Gasteiger partial charge in [0.1, 0.15) is 10.7 Å². The number of sulfonamides is 1. The van der Waals surface area contributed by atoms with E-state index in [1.807, 2.05) is 0 Å². The smallest absolute Gasteiger partial charge is 0.266 e. The molecule has 2 aromatic heterocycles. The van der Waals surface area contributed by atoms with Crippen LogP contribution in [0.15, 0.2) is 47.5 Å². The Kier molecular flexibility index (Phi) is 4.60. The zero-order chi connectivity index (χ0) is 18.7. The molecule has 3 N–H and O–H groups in total. The lowest BCUT2D eigenvalue weighted by atomic mass is 10.2. The standard InChI is InChI=1S/C17H16N6O2S/c1-11-17(12(2)22-21-11)26(24,25)23-16-8-7-15(10-19-16)20-14-5-3-13(9-18)4-6-14/h3-8,10,20H,1-2H3,(H,19,23)(H,21,22). The summed E-state index contributed by atoms with van der Waals surface area (Å²) >= 11 is 0. The second kappa shape index (κ2) is 6.85. The molecule has 3 aromatic rings. The molecule has 0 atom stereocenters. The summed E-state index contributed by atoms with van der Waals surface area (Å²) in [4.78, 5) is 4.25. The summed E-state index contributed by atoms with van der Waals surface area (Å²) in [6.07, 6.45) is 1.52. The molecule has 0 aliphatic rings. The number of pyridine rings is 1. The molecule has 0 saturated heterocycles. The minimum absolute atomic E-state index is 0.124. The van der Waals surface area contributed by atoms with Crippen LogP contribution in [0.3, 0.4) is 0 Å². The lowest BCUT2D eigenvalue weighted by Crippen LogP contribution is -2.15. The average molecular weight is 368 g/mol. The van der Waals surface area contributed by atoms with E-state index >= 15 is 0 Å². The Morgan fingerprint density at radius 3 is 2.31 bits per heavy atom. The van der Waals surface area contributed by atoms with Crippen molar-refractivity contribution >= 4 is 27.2 Å². The van der Waals surface area contributed by atoms with Crippen molar-refractivity contribution in [3.63, 3.8) is 0 Å². The van der Waals surface area contributed by atoms with Crippen LogP contribution < -0.4 is 10.0 Å². The summed E-state index contributed by atoms with van der Waals surface area (Å²) in [5.74, 6) is 0.204. The van der Waals surface area contributed by atoms with E-state index in [4.69, 9.17) is 5.26 Å².